The highest BCUT2D eigenvalue weighted by Crippen LogP contribution is 1.95. The fraction of sp³-hybridized carbons (Fsp3) is 0.333. The third-order valence-corrected chi connectivity index (χ3v) is 0.716. The Hall–Kier alpha value is -0.980. The van der Waals surface area contributed by atoms with Gasteiger partial charge in [0.2, 0.25) is 0 Å². The average molecular weight is 140 g/mol. The van der Waals surface area contributed by atoms with Crippen LogP contribution in [-0.2, 0) is 0 Å². The Morgan fingerprint density at radius 2 is 1.80 bits per heavy atom. The lowest BCUT2D eigenvalue weighted by Crippen LogP contribution is -1.70. The van der Waals surface area contributed by atoms with Crippen molar-refractivity contribution in [1.82, 2.24) is 0 Å². The van der Waals surface area contributed by atoms with Crippen LogP contribution in [0.25, 0.3) is 0 Å². The molecule has 0 fully saturated rings. The molecule has 0 spiro atoms. The van der Waals surface area contributed by atoms with Crippen molar-refractivity contribution in [3.8, 4) is 0 Å². The monoisotopic (exact) mass is 140 g/mol. The van der Waals surface area contributed by atoms with E-state index >= 15 is 0 Å². The molecule has 58 valence electrons. The van der Waals surface area contributed by atoms with Crippen LogP contribution < -0.4 is 0 Å². The van der Waals surface area contributed by atoms with Gasteiger partial charge in [0.25, 0.3) is 0 Å². The molecule has 0 bridgehead atoms. The van der Waals surface area contributed by atoms with Crippen LogP contribution in [0, 0.1) is 0 Å². The maximum absolute atomic E-state index is 8.54. The van der Waals surface area contributed by atoms with Crippen LogP contribution in [0.5, 0.6) is 0 Å². The molecule has 0 aliphatic rings. The third kappa shape index (κ3) is 10.1. The topological polar surface area (TPSA) is 20.2 Å². The largest absolute Gasteiger partial charge is 0.509 e. The molecule has 1 N–H and O–H groups in total. The van der Waals surface area contributed by atoms with Gasteiger partial charge in [0.05, 0.1) is 0 Å². The van der Waals surface area contributed by atoms with E-state index in [-0.39, 0.29) is 5.76 Å². The molecule has 1 heteroatoms. The molecule has 0 rings (SSSR count). The minimum atomic E-state index is 0.0717. The molecular weight excluding hydrogens is 124 g/mol. The summed E-state index contributed by atoms with van der Waals surface area (Å²) in [5, 5.41) is 8.54. The molecule has 0 saturated heterocycles. The summed E-state index contributed by atoms with van der Waals surface area (Å²) in [7, 11) is 0. The molecule has 0 radical (unpaired) electrons. The summed E-state index contributed by atoms with van der Waals surface area (Å²) in [5.41, 5.74) is 0.914. The summed E-state index contributed by atoms with van der Waals surface area (Å²) in [6.45, 7) is 12.6. The van der Waals surface area contributed by atoms with Crippen LogP contribution in [0.15, 0.2) is 36.6 Å². The van der Waals surface area contributed by atoms with Crippen LogP contribution in [0.1, 0.15) is 20.8 Å². The Kier molecular flexibility index (Phi) is 9.44. The molecule has 0 aliphatic heterocycles. The first-order valence-corrected chi connectivity index (χ1v) is 3.35. The highest BCUT2D eigenvalue weighted by Gasteiger charge is 1.79. The van der Waals surface area contributed by atoms with Gasteiger partial charge in [-0.2, -0.15) is 0 Å². The van der Waals surface area contributed by atoms with Crippen LogP contribution in [0.3, 0.4) is 0 Å². The van der Waals surface area contributed by atoms with E-state index in [2.05, 4.69) is 13.2 Å². The summed E-state index contributed by atoms with van der Waals surface area (Å²) in [5.74, 6) is 0.0717. The molecule has 0 unspecified atom stereocenters. The molecule has 0 aromatic heterocycles. The summed E-state index contributed by atoms with van der Waals surface area (Å²) in [6.07, 6.45) is 3.20. The molecule has 0 atom stereocenters. The zero-order valence-corrected chi connectivity index (χ0v) is 7.02. The van der Waals surface area contributed by atoms with Crippen LogP contribution in [0.4, 0.5) is 0 Å². The molecule has 0 saturated carbocycles. The van der Waals surface area contributed by atoms with Gasteiger partial charge in [-0.05, 0) is 18.6 Å². The van der Waals surface area contributed by atoms with Gasteiger partial charge in [0.15, 0.2) is 0 Å². The van der Waals surface area contributed by atoms with E-state index in [1.807, 2.05) is 20.8 Å². The van der Waals surface area contributed by atoms with E-state index in [1.165, 1.54) is 0 Å². The molecule has 0 amide bonds. The normalized spacial score (nSPS) is 9.30. The second-order valence-corrected chi connectivity index (χ2v) is 1.58. The maximum atomic E-state index is 8.54. The second kappa shape index (κ2) is 8.02. The minimum Gasteiger partial charge on any atom is -0.509 e. The van der Waals surface area contributed by atoms with Crippen molar-refractivity contribution in [3.05, 3.63) is 36.6 Å². The summed E-state index contributed by atoms with van der Waals surface area (Å²) in [6, 6.07) is 0. The van der Waals surface area contributed by atoms with E-state index < -0.39 is 0 Å². The van der Waals surface area contributed by atoms with Gasteiger partial charge in [0.1, 0.15) is 5.76 Å². The Morgan fingerprint density at radius 3 is 1.90 bits per heavy atom. The maximum Gasteiger partial charge on any atom is 0.108 e. The summed E-state index contributed by atoms with van der Waals surface area (Å²) < 4.78 is 0. The Labute approximate surface area is 63.4 Å². The highest BCUT2D eigenvalue weighted by atomic mass is 16.3. The Balaban J connectivity index is 0. The van der Waals surface area contributed by atoms with Gasteiger partial charge < -0.3 is 5.11 Å². The van der Waals surface area contributed by atoms with E-state index in [1.54, 1.807) is 12.2 Å². The predicted molar refractivity (Wildman–Crippen MR) is 47.1 cm³/mol. The van der Waals surface area contributed by atoms with E-state index in [9.17, 15) is 0 Å². The standard InChI is InChI=1S/C7H10O.C2H6/c1-4-6(2)5-7(3)8;1-2/h4-5,8H,1,3H2,2H3;1-2H3/b6-5-;. The van der Waals surface area contributed by atoms with Crippen molar-refractivity contribution in [1.29, 1.82) is 0 Å². The lowest BCUT2D eigenvalue weighted by molar-refractivity contribution is 0.435. The van der Waals surface area contributed by atoms with Crippen LogP contribution in [-0.4, -0.2) is 5.11 Å². The first kappa shape index (κ1) is 11.8. The Morgan fingerprint density at radius 1 is 1.40 bits per heavy atom. The van der Waals surface area contributed by atoms with Gasteiger partial charge in [-0.25, -0.2) is 0 Å². The van der Waals surface area contributed by atoms with Gasteiger partial charge in [-0.3, -0.25) is 0 Å². The lowest BCUT2D eigenvalue weighted by atomic mass is 10.3. The number of aliphatic hydroxyl groups is 1. The zero-order valence-electron chi connectivity index (χ0n) is 7.02. The van der Waals surface area contributed by atoms with E-state index in [0.29, 0.717) is 0 Å². The average Bonchev–Trinajstić information content (AvgIpc) is 1.91. The van der Waals surface area contributed by atoms with Crippen molar-refractivity contribution in [2.75, 3.05) is 0 Å². The molecule has 0 aromatic rings. The van der Waals surface area contributed by atoms with Crippen molar-refractivity contribution in [2.24, 2.45) is 0 Å². The quantitative estimate of drug-likeness (QED) is 0.461. The third-order valence-electron chi connectivity index (χ3n) is 0.716. The first-order chi connectivity index (χ1) is 4.66. The number of aliphatic hydroxyl groups excluding tert-OH is 1. The fourth-order valence-corrected chi connectivity index (χ4v) is 0.322. The Bertz CT molecular complexity index is 132. The van der Waals surface area contributed by atoms with Crippen LogP contribution >= 0.6 is 0 Å². The summed E-state index contributed by atoms with van der Waals surface area (Å²) >= 11 is 0. The van der Waals surface area contributed by atoms with Crippen molar-refractivity contribution < 1.29 is 5.11 Å². The molecule has 0 aromatic carbocycles. The molecule has 0 aliphatic carbocycles. The number of allylic oxidation sites excluding steroid dienone is 3. The van der Waals surface area contributed by atoms with Gasteiger partial charge >= 0.3 is 0 Å². The van der Waals surface area contributed by atoms with Crippen molar-refractivity contribution in [2.45, 2.75) is 20.8 Å². The van der Waals surface area contributed by atoms with Gasteiger partial charge in [-0.1, -0.05) is 33.1 Å². The molecule has 10 heavy (non-hydrogen) atoms. The number of rotatable bonds is 2. The molecule has 1 nitrogen and oxygen atoms in total. The van der Waals surface area contributed by atoms with Crippen LogP contribution in [0.2, 0.25) is 0 Å². The molecule has 0 heterocycles. The number of hydrogen-bond acceptors (Lipinski definition) is 1. The SMILES string of the molecule is C=C/C(C)=C\C(=C)O.CC. The lowest BCUT2D eigenvalue weighted by Gasteiger charge is -1.87. The summed E-state index contributed by atoms with van der Waals surface area (Å²) in [4.78, 5) is 0. The molecular formula is C9H16O. The first-order valence-electron chi connectivity index (χ1n) is 3.35. The van der Waals surface area contributed by atoms with E-state index in [4.69, 9.17) is 5.11 Å². The highest BCUT2D eigenvalue weighted by molar-refractivity contribution is 5.21. The minimum absolute atomic E-state index is 0.0717. The van der Waals surface area contributed by atoms with E-state index in [0.717, 1.165) is 5.57 Å². The smallest absolute Gasteiger partial charge is 0.108 e. The zero-order chi connectivity index (χ0) is 8.57. The number of hydrogen-bond donors (Lipinski definition) is 1. The van der Waals surface area contributed by atoms with Gasteiger partial charge in [-0.15, -0.1) is 0 Å². The van der Waals surface area contributed by atoms with Gasteiger partial charge in [0, 0.05) is 0 Å². The fourth-order valence-electron chi connectivity index (χ4n) is 0.322. The predicted octanol–water partition coefficient (Wildman–Crippen LogP) is 3.22. The van der Waals surface area contributed by atoms with Crippen molar-refractivity contribution in [3.63, 3.8) is 0 Å². The second-order valence-electron chi connectivity index (χ2n) is 1.58. The van der Waals surface area contributed by atoms with Crippen molar-refractivity contribution >= 4 is 0 Å².